The van der Waals surface area contributed by atoms with Gasteiger partial charge in [-0.3, -0.25) is 14.9 Å². The van der Waals surface area contributed by atoms with Gasteiger partial charge in [0.05, 0.1) is 39.8 Å². The molecular weight excluding hydrogens is 378 g/mol. The zero-order valence-corrected chi connectivity index (χ0v) is 16.0. The normalized spacial score (nSPS) is 15.6. The fourth-order valence-corrected chi connectivity index (χ4v) is 5.63. The molecule has 2 aromatic heterocycles. The van der Waals surface area contributed by atoms with Crippen LogP contribution >= 0.6 is 0 Å². The number of H-pyrrole nitrogens is 1. The number of hydrogen-bond acceptors (Lipinski definition) is 3. The molecule has 6 nitrogen and oxygen atoms in total. The summed E-state index contributed by atoms with van der Waals surface area (Å²) in [5.41, 5.74) is 6.74. The number of carbonyl (C=O) groups excluding carboxylic acids is 2. The first-order valence-corrected chi connectivity index (χ1v) is 10.2. The monoisotopic (exact) mass is 395 g/mol. The van der Waals surface area contributed by atoms with Crippen molar-refractivity contribution in [1.29, 1.82) is 0 Å². The highest BCUT2D eigenvalue weighted by atomic mass is 16.3. The number of aliphatic hydroxyl groups is 1. The van der Waals surface area contributed by atoms with Crippen LogP contribution in [0, 0.1) is 0 Å². The number of carbonyl (C=O) groups is 2. The quantitative estimate of drug-likeness (QED) is 0.378. The Labute approximate surface area is 170 Å². The van der Waals surface area contributed by atoms with Crippen LogP contribution in [0.4, 0.5) is 0 Å². The summed E-state index contributed by atoms with van der Waals surface area (Å²) in [6, 6.07) is 11.9. The molecular formula is C24H17N3O3. The minimum atomic E-state index is -0.357. The van der Waals surface area contributed by atoms with E-state index in [1.807, 2.05) is 30.3 Å². The lowest BCUT2D eigenvalue weighted by molar-refractivity contribution is 0.0880. The Bertz CT molecular complexity index is 1620. The van der Waals surface area contributed by atoms with E-state index in [0.717, 1.165) is 68.6 Å². The van der Waals surface area contributed by atoms with E-state index in [1.165, 1.54) is 5.56 Å². The standard InChI is InChI=1S/C24H17N3O3/c28-10-12-5-2-7-13-15-17-18(24(30)26-23(17)29)16-14-8-1-4-11-6-3-9-27(21(11)14)22(16)20(15)25-19(12)13/h1-2,4-5,7-8,25,28H,3,6,9-10H2,(H,26,29,30). The molecule has 0 fully saturated rings. The van der Waals surface area contributed by atoms with Crippen molar-refractivity contribution in [1.82, 2.24) is 14.9 Å². The summed E-state index contributed by atoms with van der Waals surface area (Å²) in [6.45, 7) is 0.760. The third kappa shape index (κ3) is 1.70. The summed E-state index contributed by atoms with van der Waals surface area (Å²) in [5, 5.41) is 15.9. The molecule has 146 valence electrons. The summed E-state index contributed by atoms with van der Waals surface area (Å²) in [7, 11) is 0. The fraction of sp³-hybridized carbons (Fsp3) is 0.167. The SMILES string of the molecule is O=C1NC(=O)c2c1c1c3cccc(CO)c3[nH]c1c1c2c2cccc3c2n1CCC3. The summed E-state index contributed by atoms with van der Waals surface area (Å²) < 4.78 is 2.30. The molecule has 3 aromatic carbocycles. The molecule has 2 aliphatic rings. The lowest BCUT2D eigenvalue weighted by atomic mass is 9.96. The topological polar surface area (TPSA) is 87.1 Å². The number of nitrogens with zero attached hydrogens (tertiary/aromatic N) is 1. The fourth-order valence-electron chi connectivity index (χ4n) is 5.63. The van der Waals surface area contributed by atoms with Crippen LogP contribution < -0.4 is 5.32 Å². The Hall–Kier alpha value is -3.64. The van der Waals surface area contributed by atoms with Crippen molar-refractivity contribution in [2.45, 2.75) is 26.0 Å². The van der Waals surface area contributed by atoms with Gasteiger partial charge in [0.15, 0.2) is 0 Å². The van der Waals surface area contributed by atoms with Gasteiger partial charge in [0, 0.05) is 33.7 Å². The van der Waals surface area contributed by atoms with Crippen molar-refractivity contribution in [3.63, 3.8) is 0 Å². The number of aliphatic hydroxyl groups excluding tert-OH is 1. The molecule has 0 bridgehead atoms. The summed E-state index contributed by atoms with van der Waals surface area (Å²) in [5.74, 6) is -0.692. The average molecular weight is 395 g/mol. The highest BCUT2D eigenvalue weighted by Gasteiger charge is 2.36. The zero-order valence-electron chi connectivity index (χ0n) is 16.0. The highest BCUT2D eigenvalue weighted by Crippen LogP contribution is 2.45. The van der Waals surface area contributed by atoms with Gasteiger partial charge in [0.25, 0.3) is 11.8 Å². The van der Waals surface area contributed by atoms with Crippen LogP contribution in [0.25, 0.3) is 43.6 Å². The largest absolute Gasteiger partial charge is 0.392 e. The van der Waals surface area contributed by atoms with E-state index in [0.29, 0.717) is 11.1 Å². The van der Waals surface area contributed by atoms with Crippen LogP contribution in [0.1, 0.15) is 38.3 Å². The first-order valence-electron chi connectivity index (χ1n) is 10.2. The molecule has 5 aromatic rings. The van der Waals surface area contributed by atoms with Crippen molar-refractivity contribution >= 4 is 55.4 Å². The van der Waals surface area contributed by atoms with Crippen LogP contribution in [-0.4, -0.2) is 26.5 Å². The molecule has 2 amide bonds. The van der Waals surface area contributed by atoms with Crippen molar-refractivity contribution < 1.29 is 14.7 Å². The Morgan fingerprint density at radius 2 is 1.67 bits per heavy atom. The Morgan fingerprint density at radius 3 is 2.50 bits per heavy atom. The predicted octanol–water partition coefficient (Wildman–Crippen LogP) is 3.75. The van der Waals surface area contributed by atoms with Gasteiger partial charge >= 0.3 is 0 Å². The zero-order chi connectivity index (χ0) is 20.1. The summed E-state index contributed by atoms with van der Waals surface area (Å²) in [4.78, 5) is 29.4. The highest BCUT2D eigenvalue weighted by molar-refractivity contribution is 6.39. The summed E-state index contributed by atoms with van der Waals surface area (Å²) in [6.07, 6.45) is 2.03. The van der Waals surface area contributed by atoms with E-state index >= 15 is 0 Å². The van der Waals surface area contributed by atoms with Crippen LogP contribution in [0.15, 0.2) is 36.4 Å². The number of imide groups is 1. The number of aryl methyl sites for hydroxylation is 2. The Kier molecular flexibility index (Phi) is 2.85. The smallest absolute Gasteiger partial charge is 0.259 e. The van der Waals surface area contributed by atoms with Gasteiger partial charge in [-0.1, -0.05) is 36.4 Å². The molecule has 0 aliphatic carbocycles. The van der Waals surface area contributed by atoms with Gasteiger partial charge in [0.2, 0.25) is 0 Å². The molecule has 2 aliphatic heterocycles. The number of amides is 2. The van der Waals surface area contributed by atoms with E-state index in [9.17, 15) is 14.7 Å². The minimum absolute atomic E-state index is 0.103. The number of nitrogens with one attached hydrogen (secondary N) is 2. The minimum Gasteiger partial charge on any atom is -0.392 e. The molecule has 0 saturated carbocycles. The molecule has 0 atom stereocenters. The van der Waals surface area contributed by atoms with Crippen LogP contribution in [-0.2, 0) is 19.6 Å². The van der Waals surface area contributed by atoms with Gasteiger partial charge in [0.1, 0.15) is 0 Å². The number of hydrogen-bond donors (Lipinski definition) is 3. The second-order valence-corrected chi connectivity index (χ2v) is 8.20. The molecule has 0 spiro atoms. The second-order valence-electron chi connectivity index (χ2n) is 8.20. The van der Waals surface area contributed by atoms with E-state index in [4.69, 9.17) is 0 Å². The number of aromatic amines is 1. The van der Waals surface area contributed by atoms with Gasteiger partial charge in [-0.25, -0.2) is 0 Å². The van der Waals surface area contributed by atoms with E-state index in [2.05, 4.69) is 20.9 Å². The van der Waals surface area contributed by atoms with E-state index < -0.39 is 0 Å². The van der Waals surface area contributed by atoms with Crippen molar-refractivity contribution in [2.75, 3.05) is 0 Å². The maximum Gasteiger partial charge on any atom is 0.259 e. The van der Waals surface area contributed by atoms with Crippen LogP contribution in [0.2, 0.25) is 0 Å². The van der Waals surface area contributed by atoms with Gasteiger partial charge in [-0.2, -0.15) is 0 Å². The molecule has 0 saturated heterocycles. The third-order valence-electron chi connectivity index (χ3n) is 6.75. The Morgan fingerprint density at radius 1 is 0.900 bits per heavy atom. The molecule has 0 radical (unpaired) electrons. The molecule has 30 heavy (non-hydrogen) atoms. The molecule has 0 unspecified atom stereocenters. The molecule has 6 heteroatoms. The van der Waals surface area contributed by atoms with Crippen molar-refractivity contribution in [3.05, 3.63) is 58.7 Å². The molecule has 7 rings (SSSR count). The second kappa shape index (κ2) is 5.29. The number of fused-ring (bicyclic) bond motifs is 10. The maximum absolute atomic E-state index is 13.0. The number of para-hydroxylation sites is 2. The van der Waals surface area contributed by atoms with Crippen molar-refractivity contribution in [3.8, 4) is 0 Å². The maximum atomic E-state index is 13.0. The first-order chi connectivity index (χ1) is 14.7. The third-order valence-corrected chi connectivity index (χ3v) is 6.75. The van der Waals surface area contributed by atoms with Crippen LogP contribution in [0.5, 0.6) is 0 Å². The van der Waals surface area contributed by atoms with Gasteiger partial charge in [-0.15, -0.1) is 0 Å². The number of rotatable bonds is 1. The van der Waals surface area contributed by atoms with Gasteiger partial charge < -0.3 is 14.7 Å². The average Bonchev–Trinajstić information content (AvgIpc) is 3.39. The van der Waals surface area contributed by atoms with Crippen LogP contribution in [0.3, 0.4) is 0 Å². The summed E-state index contributed by atoms with van der Waals surface area (Å²) >= 11 is 0. The lowest BCUT2D eigenvalue weighted by Crippen LogP contribution is -2.20. The van der Waals surface area contributed by atoms with Crippen molar-refractivity contribution in [2.24, 2.45) is 0 Å². The molecule has 3 N–H and O–H groups in total. The first kappa shape index (κ1) is 16.2. The molecule has 4 heterocycles. The predicted molar refractivity (Wildman–Crippen MR) is 115 cm³/mol. The lowest BCUT2D eigenvalue weighted by Gasteiger charge is -2.16. The van der Waals surface area contributed by atoms with Gasteiger partial charge in [-0.05, 0) is 18.4 Å². The Balaban J connectivity index is 1.87. The van der Waals surface area contributed by atoms with E-state index in [1.54, 1.807) is 0 Å². The number of benzene rings is 3. The van der Waals surface area contributed by atoms with E-state index in [-0.39, 0.29) is 18.4 Å². The number of aromatic nitrogens is 2.